The van der Waals surface area contributed by atoms with E-state index in [1.165, 1.54) is 25.7 Å². The van der Waals surface area contributed by atoms with Crippen LogP contribution in [0.15, 0.2) is 0 Å². The lowest BCUT2D eigenvalue weighted by atomic mass is 9.54. The highest BCUT2D eigenvalue weighted by Crippen LogP contribution is 2.60. The van der Waals surface area contributed by atoms with E-state index in [1.807, 2.05) is 0 Å². The number of amides is 2. The fourth-order valence-corrected chi connectivity index (χ4v) is 4.80. The van der Waals surface area contributed by atoms with Crippen molar-refractivity contribution >= 4 is 6.03 Å². The molecule has 5 nitrogen and oxygen atoms in total. The van der Waals surface area contributed by atoms with Crippen molar-refractivity contribution in [3.8, 4) is 0 Å². The summed E-state index contributed by atoms with van der Waals surface area (Å²) in [7, 11) is 1.75. The van der Waals surface area contributed by atoms with Crippen LogP contribution >= 0.6 is 0 Å². The number of rotatable bonds is 3. The molecule has 2 amide bonds. The second-order valence-electron chi connectivity index (χ2n) is 7.78. The number of nitrogens with zero attached hydrogens (tertiary/aromatic N) is 1. The molecular formula is C16H28N2O3. The fraction of sp³-hybridized carbons (Fsp3) is 0.938. The third-order valence-electron chi connectivity index (χ3n) is 5.54. The number of fused-ring (bicyclic) bond motifs is 2. The number of urea groups is 1. The molecule has 0 aromatic rings. The number of carbonyl (C=O) groups is 1. The zero-order valence-electron chi connectivity index (χ0n) is 13.4. The molecule has 3 aliphatic rings. The Balaban J connectivity index is 1.65. The van der Waals surface area contributed by atoms with Gasteiger partial charge in [0.1, 0.15) is 0 Å². The highest BCUT2D eigenvalue weighted by molar-refractivity contribution is 5.74. The lowest BCUT2D eigenvalue weighted by Gasteiger charge is -2.57. The monoisotopic (exact) mass is 296 g/mol. The summed E-state index contributed by atoms with van der Waals surface area (Å²) in [6.07, 6.45) is 6.27. The third kappa shape index (κ3) is 2.55. The SMILES string of the molecule is CN(CC(C)(C)O)C(=O)NC1C2CCOC2C12CCCC2. The second kappa shape index (κ2) is 5.13. The summed E-state index contributed by atoms with van der Waals surface area (Å²) < 4.78 is 5.94. The normalized spacial score (nSPS) is 33.6. The molecule has 2 saturated carbocycles. The van der Waals surface area contributed by atoms with Gasteiger partial charge in [-0.25, -0.2) is 4.79 Å². The molecule has 0 radical (unpaired) electrons. The van der Waals surface area contributed by atoms with Gasteiger partial charge in [0, 0.05) is 31.0 Å². The van der Waals surface area contributed by atoms with Gasteiger partial charge in [0.2, 0.25) is 0 Å². The minimum Gasteiger partial charge on any atom is -0.389 e. The lowest BCUT2D eigenvalue weighted by Crippen LogP contribution is -2.69. The number of aliphatic hydroxyl groups is 1. The molecule has 0 bridgehead atoms. The molecule has 2 N–H and O–H groups in total. The van der Waals surface area contributed by atoms with Crippen molar-refractivity contribution in [3.63, 3.8) is 0 Å². The Morgan fingerprint density at radius 3 is 2.71 bits per heavy atom. The molecule has 3 unspecified atom stereocenters. The smallest absolute Gasteiger partial charge is 0.317 e. The van der Waals surface area contributed by atoms with Crippen molar-refractivity contribution in [3.05, 3.63) is 0 Å². The van der Waals surface area contributed by atoms with Crippen LogP contribution in [0.5, 0.6) is 0 Å². The molecule has 0 aromatic carbocycles. The molecule has 0 aromatic heterocycles. The number of carbonyl (C=O) groups excluding carboxylic acids is 1. The summed E-state index contributed by atoms with van der Waals surface area (Å²) in [6.45, 7) is 4.62. The number of nitrogens with one attached hydrogen (secondary N) is 1. The van der Waals surface area contributed by atoms with Crippen molar-refractivity contribution in [2.75, 3.05) is 20.2 Å². The van der Waals surface area contributed by atoms with Gasteiger partial charge in [-0.05, 0) is 33.1 Å². The van der Waals surface area contributed by atoms with Gasteiger partial charge in [-0.15, -0.1) is 0 Å². The molecule has 21 heavy (non-hydrogen) atoms. The quantitative estimate of drug-likeness (QED) is 0.834. The van der Waals surface area contributed by atoms with E-state index in [4.69, 9.17) is 4.74 Å². The predicted molar refractivity (Wildman–Crippen MR) is 80.0 cm³/mol. The van der Waals surface area contributed by atoms with Crippen molar-refractivity contribution in [1.82, 2.24) is 10.2 Å². The highest BCUT2D eigenvalue weighted by Gasteiger charge is 2.65. The first-order chi connectivity index (χ1) is 9.83. The van der Waals surface area contributed by atoms with Crippen LogP contribution in [0.3, 0.4) is 0 Å². The van der Waals surface area contributed by atoms with Gasteiger partial charge in [-0.1, -0.05) is 12.8 Å². The first kappa shape index (κ1) is 15.1. The van der Waals surface area contributed by atoms with E-state index in [9.17, 15) is 9.90 Å². The van der Waals surface area contributed by atoms with Gasteiger partial charge in [0.25, 0.3) is 0 Å². The minimum absolute atomic E-state index is 0.0706. The molecular weight excluding hydrogens is 268 g/mol. The summed E-state index contributed by atoms with van der Waals surface area (Å²) in [5.74, 6) is 0.489. The molecule has 1 heterocycles. The predicted octanol–water partition coefficient (Wildman–Crippen LogP) is 1.75. The van der Waals surface area contributed by atoms with Crippen molar-refractivity contribution in [1.29, 1.82) is 0 Å². The van der Waals surface area contributed by atoms with Crippen LogP contribution in [0.25, 0.3) is 0 Å². The van der Waals surface area contributed by atoms with E-state index in [-0.39, 0.29) is 17.5 Å². The summed E-state index contributed by atoms with van der Waals surface area (Å²) in [5, 5.41) is 13.1. The first-order valence-corrected chi connectivity index (χ1v) is 8.19. The number of hydrogen-bond donors (Lipinski definition) is 2. The van der Waals surface area contributed by atoms with Crippen LogP contribution in [-0.4, -0.2) is 54.0 Å². The average molecular weight is 296 g/mol. The molecule has 1 saturated heterocycles. The summed E-state index contributed by atoms with van der Waals surface area (Å²) in [4.78, 5) is 14.0. The topological polar surface area (TPSA) is 61.8 Å². The Kier molecular flexibility index (Phi) is 3.69. The Hall–Kier alpha value is -0.810. The Bertz CT molecular complexity index is 412. The van der Waals surface area contributed by atoms with Crippen molar-refractivity contribution < 1.29 is 14.6 Å². The molecule has 120 valence electrons. The largest absolute Gasteiger partial charge is 0.389 e. The maximum atomic E-state index is 12.4. The van der Waals surface area contributed by atoms with E-state index < -0.39 is 5.60 Å². The van der Waals surface area contributed by atoms with Gasteiger partial charge >= 0.3 is 6.03 Å². The van der Waals surface area contributed by atoms with E-state index in [1.54, 1.807) is 25.8 Å². The fourth-order valence-electron chi connectivity index (χ4n) is 4.80. The van der Waals surface area contributed by atoms with Crippen LogP contribution in [0, 0.1) is 11.3 Å². The zero-order chi connectivity index (χ0) is 15.3. The van der Waals surface area contributed by atoms with Crippen molar-refractivity contribution in [2.24, 2.45) is 11.3 Å². The Morgan fingerprint density at radius 1 is 1.43 bits per heavy atom. The molecule has 1 aliphatic heterocycles. The van der Waals surface area contributed by atoms with Crippen LogP contribution in [-0.2, 0) is 4.74 Å². The van der Waals surface area contributed by atoms with E-state index in [2.05, 4.69) is 5.32 Å². The molecule has 3 fully saturated rings. The summed E-state index contributed by atoms with van der Waals surface area (Å²) >= 11 is 0. The van der Waals surface area contributed by atoms with Crippen LogP contribution in [0.4, 0.5) is 4.79 Å². The Labute approximate surface area is 127 Å². The van der Waals surface area contributed by atoms with Gasteiger partial charge in [-0.3, -0.25) is 0 Å². The number of ether oxygens (including phenoxy) is 1. The lowest BCUT2D eigenvalue weighted by molar-refractivity contribution is -0.127. The van der Waals surface area contributed by atoms with Crippen LogP contribution < -0.4 is 5.32 Å². The molecule has 3 atom stereocenters. The van der Waals surface area contributed by atoms with E-state index >= 15 is 0 Å². The van der Waals surface area contributed by atoms with Gasteiger partial charge in [0.15, 0.2) is 0 Å². The van der Waals surface area contributed by atoms with Gasteiger partial charge in [0.05, 0.1) is 18.2 Å². The third-order valence-corrected chi connectivity index (χ3v) is 5.54. The summed E-state index contributed by atoms with van der Waals surface area (Å²) in [5.41, 5.74) is -0.678. The zero-order valence-corrected chi connectivity index (χ0v) is 13.4. The molecule has 5 heteroatoms. The maximum absolute atomic E-state index is 12.4. The van der Waals surface area contributed by atoms with E-state index in [0.29, 0.717) is 18.6 Å². The van der Waals surface area contributed by atoms with Crippen molar-refractivity contribution in [2.45, 2.75) is 63.7 Å². The second-order valence-corrected chi connectivity index (χ2v) is 7.78. The first-order valence-electron chi connectivity index (χ1n) is 8.19. The number of likely N-dealkylation sites (N-methyl/N-ethyl adjacent to an activating group) is 1. The molecule has 3 rings (SSSR count). The minimum atomic E-state index is -0.865. The van der Waals surface area contributed by atoms with Gasteiger partial charge in [-0.2, -0.15) is 0 Å². The average Bonchev–Trinajstić information content (AvgIpc) is 3.01. The van der Waals surface area contributed by atoms with E-state index in [0.717, 1.165) is 13.0 Å². The molecule has 2 aliphatic carbocycles. The summed E-state index contributed by atoms with van der Waals surface area (Å²) in [6, 6.07) is 0.183. The highest BCUT2D eigenvalue weighted by atomic mass is 16.5. The van der Waals surface area contributed by atoms with Crippen LogP contribution in [0.1, 0.15) is 46.0 Å². The van der Waals surface area contributed by atoms with Gasteiger partial charge < -0.3 is 20.1 Å². The maximum Gasteiger partial charge on any atom is 0.317 e. The standard InChI is InChI=1S/C16H28N2O3/c1-15(2,20)10-18(3)14(19)17-12-11-6-9-21-13(11)16(12)7-4-5-8-16/h11-13,20H,4-10H2,1-3H3,(H,17,19). The number of hydrogen-bond acceptors (Lipinski definition) is 3. The van der Waals surface area contributed by atoms with Crippen LogP contribution in [0.2, 0.25) is 0 Å². The molecule has 1 spiro atoms. The Morgan fingerprint density at radius 2 is 2.10 bits per heavy atom.